The van der Waals surface area contributed by atoms with Gasteiger partial charge in [-0.15, -0.1) is 11.8 Å². The standard InChI is InChI=1S/C18H19N3O2S/c22-16-8-7-14(11-20-16)18(23)21-15-5-3-4-13(10-15)12-24-17-6-1-2-9-19-17/h1-6,9-10,14H,7-8,11-12H2,(H,20,22)(H,21,23). The lowest BCUT2D eigenvalue weighted by Gasteiger charge is -2.21. The van der Waals surface area contributed by atoms with Crippen LogP contribution in [0.5, 0.6) is 0 Å². The van der Waals surface area contributed by atoms with Crippen molar-refractivity contribution < 1.29 is 9.59 Å². The first-order valence-electron chi connectivity index (χ1n) is 7.91. The zero-order valence-electron chi connectivity index (χ0n) is 13.2. The summed E-state index contributed by atoms with van der Waals surface area (Å²) in [5.74, 6) is 0.617. The summed E-state index contributed by atoms with van der Waals surface area (Å²) in [5, 5.41) is 6.67. The van der Waals surface area contributed by atoms with E-state index in [0.717, 1.165) is 22.0 Å². The van der Waals surface area contributed by atoms with Crippen LogP contribution >= 0.6 is 11.8 Å². The third kappa shape index (κ3) is 4.58. The number of piperidine rings is 1. The van der Waals surface area contributed by atoms with E-state index in [1.165, 1.54) is 0 Å². The predicted molar refractivity (Wildman–Crippen MR) is 94.6 cm³/mol. The Kier molecular flexibility index (Phi) is 5.48. The van der Waals surface area contributed by atoms with Gasteiger partial charge in [0.05, 0.1) is 10.9 Å². The number of thioether (sulfide) groups is 1. The lowest BCUT2D eigenvalue weighted by molar-refractivity contribution is -0.126. The van der Waals surface area contributed by atoms with Crippen molar-refractivity contribution in [1.82, 2.24) is 10.3 Å². The molecule has 2 N–H and O–H groups in total. The molecule has 1 aliphatic rings. The van der Waals surface area contributed by atoms with Crippen LogP contribution in [0.15, 0.2) is 53.7 Å². The molecule has 3 rings (SSSR count). The molecule has 0 radical (unpaired) electrons. The molecule has 124 valence electrons. The molecule has 1 aliphatic heterocycles. The van der Waals surface area contributed by atoms with Gasteiger partial charge in [-0.25, -0.2) is 4.98 Å². The molecular formula is C18H19N3O2S. The van der Waals surface area contributed by atoms with E-state index >= 15 is 0 Å². The second kappa shape index (κ2) is 7.97. The highest BCUT2D eigenvalue weighted by atomic mass is 32.2. The van der Waals surface area contributed by atoms with Crippen LogP contribution in [0.4, 0.5) is 5.69 Å². The Morgan fingerprint density at radius 3 is 2.96 bits per heavy atom. The van der Waals surface area contributed by atoms with Crippen molar-refractivity contribution in [3.05, 3.63) is 54.2 Å². The van der Waals surface area contributed by atoms with Crippen molar-refractivity contribution in [2.45, 2.75) is 23.6 Å². The third-order valence-electron chi connectivity index (χ3n) is 3.86. The van der Waals surface area contributed by atoms with Crippen LogP contribution in [-0.4, -0.2) is 23.3 Å². The van der Waals surface area contributed by atoms with Gasteiger partial charge in [0.15, 0.2) is 0 Å². The summed E-state index contributed by atoms with van der Waals surface area (Å²) in [6, 6.07) is 13.7. The molecule has 0 saturated carbocycles. The van der Waals surface area contributed by atoms with Gasteiger partial charge in [0.2, 0.25) is 11.8 Å². The van der Waals surface area contributed by atoms with E-state index in [0.29, 0.717) is 19.4 Å². The summed E-state index contributed by atoms with van der Waals surface area (Å²) in [7, 11) is 0. The number of rotatable bonds is 5. The van der Waals surface area contributed by atoms with E-state index in [9.17, 15) is 9.59 Å². The Bertz CT molecular complexity index is 711. The van der Waals surface area contributed by atoms with Crippen molar-refractivity contribution in [3.63, 3.8) is 0 Å². The van der Waals surface area contributed by atoms with Crippen LogP contribution in [0.1, 0.15) is 18.4 Å². The van der Waals surface area contributed by atoms with E-state index in [1.54, 1.807) is 18.0 Å². The molecule has 0 aliphatic carbocycles. The average Bonchev–Trinajstić information content (AvgIpc) is 2.62. The number of hydrogen-bond acceptors (Lipinski definition) is 4. The molecule has 1 aromatic heterocycles. The molecule has 1 atom stereocenters. The van der Waals surface area contributed by atoms with E-state index in [2.05, 4.69) is 15.6 Å². The zero-order valence-corrected chi connectivity index (χ0v) is 14.0. The van der Waals surface area contributed by atoms with Crippen molar-refractivity contribution in [2.75, 3.05) is 11.9 Å². The molecular weight excluding hydrogens is 322 g/mol. The molecule has 2 amide bonds. The van der Waals surface area contributed by atoms with Crippen molar-refractivity contribution in [2.24, 2.45) is 5.92 Å². The molecule has 1 unspecified atom stereocenters. The number of carbonyl (C=O) groups is 2. The van der Waals surface area contributed by atoms with Crippen LogP contribution in [0, 0.1) is 5.92 Å². The molecule has 2 aromatic rings. The highest BCUT2D eigenvalue weighted by Gasteiger charge is 2.24. The van der Waals surface area contributed by atoms with Gasteiger partial charge in [-0.3, -0.25) is 9.59 Å². The predicted octanol–water partition coefficient (Wildman–Crippen LogP) is 2.84. The Balaban J connectivity index is 1.56. The number of anilines is 1. The monoisotopic (exact) mass is 341 g/mol. The minimum absolute atomic E-state index is 0.0209. The normalized spacial score (nSPS) is 17.2. The minimum atomic E-state index is -0.158. The summed E-state index contributed by atoms with van der Waals surface area (Å²) in [5.41, 5.74) is 1.91. The van der Waals surface area contributed by atoms with E-state index in [-0.39, 0.29) is 17.7 Å². The van der Waals surface area contributed by atoms with E-state index < -0.39 is 0 Å². The number of nitrogens with zero attached hydrogens (tertiary/aromatic N) is 1. The third-order valence-corrected chi connectivity index (χ3v) is 4.87. The first kappa shape index (κ1) is 16.5. The number of carbonyl (C=O) groups excluding carboxylic acids is 2. The Labute approximate surface area is 145 Å². The molecule has 6 heteroatoms. The van der Waals surface area contributed by atoms with Crippen LogP contribution < -0.4 is 10.6 Å². The van der Waals surface area contributed by atoms with Crippen LogP contribution in [0.2, 0.25) is 0 Å². The minimum Gasteiger partial charge on any atom is -0.355 e. The number of benzene rings is 1. The van der Waals surface area contributed by atoms with Crippen LogP contribution in [0.3, 0.4) is 0 Å². The van der Waals surface area contributed by atoms with Gasteiger partial charge in [-0.2, -0.15) is 0 Å². The van der Waals surface area contributed by atoms with Gasteiger partial charge in [0.1, 0.15) is 0 Å². The fourth-order valence-electron chi connectivity index (χ4n) is 2.53. The summed E-state index contributed by atoms with van der Waals surface area (Å²) in [4.78, 5) is 27.8. The van der Waals surface area contributed by atoms with Gasteiger partial charge in [-0.1, -0.05) is 18.2 Å². The number of hydrogen-bond donors (Lipinski definition) is 2. The summed E-state index contributed by atoms with van der Waals surface area (Å²) in [6.45, 7) is 0.417. The number of amides is 2. The number of aromatic nitrogens is 1. The molecule has 0 bridgehead atoms. The van der Waals surface area contributed by atoms with Gasteiger partial charge >= 0.3 is 0 Å². The molecule has 1 saturated heterocycles. The molecule has 1 fully saturated rings. The topological polar surface area (TPSA) is 71.1 Å². The Morgan fingerprint density at radius 1 is 1.29 bits per heavy atom. The maximum absolute atomic E-state index is 12.3. The smallest absolute Gasteiger partial charge is 0.229 e. The van der Waals surface area contributed by atoms with Crippen LogP contribution in [-0.2, 0) is 15.3 Å². The molecule has 5 nitrogen and oxygen atoms in total. The first-order chi connectivity index (χ1) is 11.7. The van der Waals surface area contributed by atoms with Crippen LogP contribution in [0.25, 0.3) is 0 Å². The lowest BCUT2D eigenvalue weighted by atomic mass is 9.98. The van der Waals surface area contributed by atoms with Crippen molar-refractivity contribution in [1.29, 1.82) is 0 Å². The highest BCUT2D eigenvalue weighted by molar-refractivity contribution is 7.98. The second-order valence-corrected chi connectivity index (χ2v) is 6.68. The fraction of sp³-hybridized carbons (Fsp3) is 0.278. The van der Waals surface area contributed by atoms with Gasteiger partial charge in [0.25, 0.3) is 0 Å². The number of nitrogens with one attached hydrogen (secondary N) is 2. The Morgan fingerprint density at radius 2 is 2.21 bits per heavy atom. The number of pyridine rings is 1. The summed E-state index contributed by atoms with van der Waals surface area (Å²) in [6.07, 6.45) is 2.80. The summed E-state index contributed by atoms with van der Waals surface area (Å²) < 4.78 is 0. The van der Waals surface area contributed by atoms with Crippen molar-refractivity contribution >= 4 is 29.3 Å². The molecule has 24 heavy (non-hydrogen) atoms. The van der Waals surface area contributed by atoms with E-state index in [4.69, 9.17) is 0 Å². The second-order valence-electron chi connectivity index (χ2n) is 5.69. The largest absolute Gasteiger partial charge is 0.355 e. The van der Waals surface area contributed by atoms with Crippen molar-refractivity contribution in [3.8, 4) is 0 Å². The molecule has 0 spiro atoms. The van der Waals surface area contributed by atoms with Gasteiger partial charge in [0, 0.05) is 30.6 Å². The Hall–Kier alpha value is -2.34. The average molecular weight is 341 g/mol. The van der Waals surface area contributed by atoms with Gasteiger partial charge in [-0.05, 0) is 36.2 Å². The maximum Gasteiger partial charge on any atom is 0.229 e. The highest BCUT2D eigenvalue weighted by Crippen LogP contribution is 2.22. The SMILES string of the molecule is O=C1CCC(C(=O)Nc2cccc(CSc3ccccn3)c2)CN1. The molecule has 1 aromatic carbocycles. The quantitative estimate of drug-likeness (QED) is 0.821. The summed E-state index contributed by atoms with van der Waals surface area (Å²) >= 11 is 1.66. The van der Waals surface area contributed by atoms with E-state index in [1.807, 2.05) is 42.5 Å². The molecule has 2 heterocycles. The van der Waals surface area contributed by atoms with Gasteiger partial charge < -0.3 is 10.6 Å². The maximum atomic E-state index is 12.3. The first-order valence-corrected chi connectivity index (χ1v) is 8.89. The zero-order chi connectivity index (χ0) is 16.8. The lowest BCUT2D eigenvalue weighted by Crippen LogP contribution is -2.40. The fourth-order valence-corrected chi connectivity index (χ4v) is 3.33.